The molecule has 1 N–H and O–H groups in total. The number of hydrogen-bond donors (Lipinski definition) is 1. The average molecular weight is 243 g/mol. The zero-order valence-corrected chi connectivity index (χ0v) is 11.9. The molecule has 2 atom stereocenters. The van der Waals surface area contributed by atoms with Crippen LogP contribution < -0.4 is 5.32 Å². The summed E-state index contributed by atoms with van der Waals surface area (Å²) in [5.41, 5.74) is 1.46. The maximum absolute atomic E-state index is 3.64. The molecule has 0 aromatic carbocycles. The Hall–Kier alpha value is 0.01000. The van der Waals surface area contributed by atoms with Gasteiger partial charge < -0.3 is 5.32 Å². The van der Waals surface area contributed by atoms with Crippen molar-refractivity contribution in [3.63, 3.8) is 0 Å². The second-order valence-corrected chi connectivity index (χ2v) is 6.48. The molecular formula is C12H21NS2. The van der Waals surface area contributed by atoms with Crippen LogP contribution in [0.2, 0.25) is 0 Å². The zero-order valence-electron chi connectivity index (χ0n) is 10.3. The predicted molar refractivity (Wildman–Crippen MR) is 73.2 cm³/mol. The van der Waals surface area contributed by atoms with Crippen LogP contribution in [0.25, 0.3) is 0 Å². The van der Waals surface area contributed by atoms with Crippen molar-refractivity contribution in [2.24, 2.45) is 0 Å². The number of nitrogens with one attached hydrogen (secondary N) is 1. The van der Waals surface area contributed by atoms with Gasteiger partial charge in [0.05, 0.1) is 0 Å². The molecule has 0 bridgehead atoms. The highest BCUT2D eigenvalue weighted by Gasteiger charge is 2.12. The van der Waals surface area contributed by atoms with E-state index in [9.17, 15) is 0 Å². The lowest BCUT2D eigenvalue weighted by atomic mass is 10.1. The van der Waals surface area contributed by atoms with Gasteiger partial charge in [-0.3, -0.25) is 0 Å². The summed E-state index contributed by atoms with van der Waals surface area (Å²) >= 11 is 3.79. The molecule has 0 fully saturated rings. The van der Waals surface area contributed by atoms with Crippen molar-refractivity contribution in [2.75, 3.05) is 12.0 Å². The van der Waals surface area contributed by atoms with E-state index in [1.807, 2.05) is 23.1 Å². The second-order valence-electron chi connectivity index (χ2n) is 4.11. The highest BCUT2D eigenvalue weighted by molar-refractivity contribution is 7.98. The Balaban J connectivity index is 2.60. The number of rotatable bonds is 5. The molecule has 0 aliphatic carbocycles. The quantitative estimate of drug-likeness (QED) is 0.845. The third-order valence-corrected chi connectivity index (χ3v) is 4.31. The minimum Gasteiger partial charge on any atom is -0.307 e. The first-order chi connectivity index (χ1) is 7.04. The van der Waals surface area contributed by atoms with Crippen LogP contribution in [-0.4, -0.2) is 18.1 Å². The fourth-order valence-electron chi connectivity index (χ4n) is 1.90. The van der Waals surface area contributed by atoms with Gasteiger partial charge in [-0.15, -0.1) is 11.3 Å². The van der Waals surface area contributed by atoms with Gasteiger partial charge in [-0.2, -0.15) is 11.8 Å². The largest absolute Gasteiger partial charge is 0.307 e. The summed E-state index contributed by atoms with van der Waals surface area (Å²) in [5.74, 6) is 1.17. The Labute approximate surface area is 102 Å². The third-order valence-electron chi connectivity index (χ3n) is 2.50. The standard InChI is InChI=1S/C12H21NS2/c1-8(7-14-5)13-10(3)12-6-9(2)15-11(12)4/h6,8,10,13H,7H2,1-5H3. The molecular weight excluding hydrogens is 222 g/mol. The van der Waals surface area contributed by atoms with E-state index in [2.05, 4.69) is 45.3 Å². The summed E-state index contributed by atoms with van der Waals surface area (Å²) in [6.07, 6.45) is 2.16. The molecule has 0 aliphatic heterocycles. The first-order valence-corrected chi connectivity index (χ1v) is 7.57. The van der Waals surface area contributed by atoms with Crippen molar-refractivity contribution in [1.29, 1.82) is 0 Å². The predicted octanol–water partition coefficient (Wildman–Crippen LogP) is 3.77. The van der Waals surface area contributed by atoms with Gasteiger partial charge >= 0.3 is 0 Å². The van der Waals surface area contributed by atoms with Crippen molar-refractivity contribution >= 4 is 23.1 Å². The lowest BCUT2D eigenvalue weighted by Gasteiger charge is -2.19. The molecule has 0 saturated heterocycles. The summed E-state index contributed by atoms with van der Waals surface area (Å²) in [6.45, 7) is 8.90. The van der Waals surface area contributed by atoms with Gasteiger partial charge in [-0.05, 0) is 45.6 Å². The van der Waals surface area contributed by atoms with E-state index < -0.39 is 0 Å². The van der Waals surface area contributed by atoms with Crippen molar-refractivity contribution < 1.29 is 0 Å². The molecule has 1 heterocycles. The molecule has 86 valence electrons. The Bertz CT molecular complexity index is 307. The molecule has 0 spiro atoms. The van der Waals surface area contributed by atoms with Crippen LogP contribution in [0.15, 0.2) is 6.07 Å². The van der Waals surface area contributed by atoms with Crippen molar-refractivity contribution in [3.8, 4) is 0 Å². The molecule has 2 unspecified atom stereocenters. The van der Waals surface area contributed by atoms with Crippen LogP contribution in [0.5, 0.6) is 0 Å². The maximum atomic E-state index is 3.64. The number of hydrogen-bond acceptors (Lipinski definition) is 3. The molecule has 1 rings (SSSR count). The minimum atomic E-state index is 0.470. The van der Waals surface area contributed by atoms with E-state index in [-0.39, 0.29) is 0 Å². The fraction of sp³-hybridized carbons (Fsp3) is 0.667. The van der Waals surface area contributed by atoms with Gasteiger partial charge in [0.25, 0.3) is 0 Å². The molecule has 3 heteroatoms. The SMILES string of the molecule is CSCC(C)NC(C)c1cc(C)sc1C. The van der Waals surface area contributed by atoms with Crippen molar-refractivity contribution in [1.82, 2.24) is 5.32 Å². The summed E-state index contributed by atoms with van der Waals surface area (Å²) in [7, 11) is 0. The van der Waals surface area contributed by atoms with Gasteiger partial charge in [0.15, 0.2) is 0 Å². The zero-order chi connectivity index (χ0) is 11.4. The highest BCUT2D eigenvalue weighted by atomic mass is 32.2. The molecule has 0 radical (unpaired) electrons. The van der Waals surface area contributed by atoms with Gasteiger partial charge in [-0.1, -0.05) is 0 Å². The molecule has 0 amide bonds. The van der Waals surface area contributed by atoms with E-state index in [0.717, 1.165) is 0 Å². The monoisotopic (exact) mass is 243 g/mol. The lowest BCUT2D eigenvalue weighted by molar-refractivity contribution is 0.511. The highest BCUT2D eigenvalue weighted by Crippen LogP contribution is 2.26. The summed E-state index contributed by atoms with van der Waals surface area (Å²) < 4.78 is 0. The lowest BCUT2D eigenvalue weighted by Crippen LogP contribution is -2.30. The topological polar surface area (TPSA) is 12.0 Å². The van der Waals surface area contributed by atoms with Crippen LogP contribution in [0.3, 0.4) is 0 Å². The van der Waals surface area contributed by atoms with E-state index in [0.29, 0.717) is 12.1 Å². The van der Waals surface area contributed by atoms with Crippen LogP contribution in [0.1, 0.15) is 35.2 Å². The average Bonchev–Trinajstić information content (AvgIpc) is 2.45. The van der Waals surface area contributed by atoms with Gasteiger partial charge in [0.2, 0.25) is 0 Å². The molecule has 1 aromatic rings. The molecule has 1 nitrogen and oxygen atoms in total. The number of thioether (sulfide) groups is 1. The second kappa shape index (κ2) is 5.92. The van der Waals surface area contributed by atoms with Crippen LogP contribution in [0, 0.1) is 13.8 Å². The molecule has 0 aliphatic rings. The third kappa shape index (κ3) is 3.82. The minimum absolute atomic E-state index is 0.470. The molecule has 15 heavy (non-hydrogen) atoms. The van der Waals surface area contributed by atoms with E-state index >= 15 is 0 Å². The van der Waals surface area contributed by atoms with Crippen LogP contribution in [0.4, 0.5) is 0 Å². The summed E-state index contributed by atoms with van der Waals surface area (Å²) in [6, 6.07) is 3.36. The Morgan fingerprint density at radius 2 is 2.07 bits per heavy atom. The van der Waals surface area contributed by atoms with Crippen LogP contribution in [-0.2, 0) is 0 Å². The number of aryl methyl sites for hydroxylation is 2. The van der Waals surface area contributed by atoms with Gasteiger partial charge in [0, 0.05) is 27.6 Å². The normalized spacial score (nSPS) is 15.3. The van der Waals surface area contributed by atoms with Gasteiger partial charge in [-0.25, -0.2) is 0 Å². The van der Waals surface area contributed by atoms with E-state index in [1.54, 1.807) is 0 Å². The van der Waals surface area contributed by atoms with E-state index in [4.69, 9.17) is 0 Å². The molecule has 1 aromatic heterocycles. The first-order valence-electron chi connectivity index (χ1n) is 5.36. The maximum Gasteiger partial charge on any atom is 0.0305 e. The first kappa shape index (κ1) is 13.1. The Morgan fingerprint density at radius 1 is 1.40 bits per heavy atom. The number of thiophene rings is 1. The van der Waals surface area contributed by atoms with Crippen molar-refractivity contribution in [2.45, 2.75) is 39.8 Å². The van der Waals surface area contributed by atoms with E-state index in [1.165, 1.54) is 21.1 Å². The smallest absolute Gasteiger partial charge is 0.0305 e. The van der Waals surface area contributed by atoms with Crippen LogP contribution >= 0.6 is 23.1 Å². The summed E-state index contributed by atoms with van der Waals surface area (Å²) in [5, 5.41) is 3.64. The molecule has 0 saturated carbocycles. The van der Waals surface area contributed by atoms with Gasteiger partial charge in [0.1, 0.15) is 0 Å². The fourth-order valence-corrected chi connectivity index (χ4v) is 3.51. The Kier molecular flexibility index (Phi) is 5.16. The van der Waals surface area contributed by atoms with Crippen molar-refractivity contribution in [3.05, 3.63) is 21.4 Å². The Morgan fingerprint density at radius 3 is 2.53 bits per heavy atom. The summed E-state index contributed by atoms with van der Waals surface area (Å²) in [4.78, 5) is 2.86.